The Bertz CT molecular complexity index is 939. The number of hydrogen-bond donors (Lipinski definition) is 3. The average molecular weight is 477 g/mol. The van der Waals surface area contributed by atoms with Gasteiger partial charge in [0.1, 0.15) is 11.6 Å². The van der Waals surface area contributed by atoms with Crippen LogP contribution >= 0.6 is 11.6 Å². The molecule has 0 aromatic heterocycles. The lowest BCUT2D eigenvalue weighted by molar-refractivity contribution is -0.146. The molecule has 3 saturated heterocycles. The molecule has 0 bridgehead atoms. The number of carbonyl (C=O) groups is 4. The minimum atomic E-state index is -1.23. The van der Waals surface area contributed by atoms with Gasteiger partial charge >= 0.3 is 6.09 Å². The van der Waals surface area contributed by atoms with Gasteiger partial charge in [-0.2, -0.15) is 0 Å². The van der Waals surface area contributed by atoms with Gasteiger partial charge in [0.05, 0.1) is 6.42 Å². The number of carboxylic acid groups (broad SMARTS) is 1. The summed E-state index contributed by atoms with van der Waals surface area (Å²) in [6, 6.07) is 6.75. The lowest BCUT2D eigenvalue weighted by Gasteiger charge is -2.45. The van der Waals surface area contributed by atoms with E-state index < -0.39 is 17.7 Å². The summed E-state index contributed by atoms with van der Waals surface area (Å²) in [5, 5.41) is 16.5. The molecule has 1 aromatic rings. The molecule has 3 fully saturated rings. The van der Waals surface area contributed by atoms with Crippen LogP contribution in [0, 0.1) is 5.92 Å². The van der Waals surface area contributed by atoms with Gasteiger partial charge in [-0.3, -0.25) is 19.3 Å². The van der Waals surface area contributed by atoms with E-state index >= 15 is 0 Å². The van der Waals surface area contributed by atoms with Gasteiger partial charge in [-0.15, -0.1) is 0 Å². The number of carbonyl (C=O) groups excluding carboxylic acids is 3. The minimum absolute atomic E-state index is 0.0965. The molecule has 3 aliphatic rings. The Morgan fingerprint density at radius 2 is 1.85 bits per heavy atom. The fraction of sp³-hybridized carbons (Fsp3) is 0.565. The van der Waals surface area contributed by atoms with Crippen LogP contribution in [-0.4, -0.2) is 82.9 Å². The highest BCUT2D eigenvalue weighted by molar-refractivity contribution is 6.30. The normalized spacial score (nSPS) is 27.6. The Hall–Kier alpha value is -2.65. The Kier molecular flexibility index (Phi) is 6.63. The first-order chi connectivity index (χ1) is 15.8. The summed E-state index contributed by atoms with van der Waals surface area (Å²) >= 11 is 6.06. The van der Waals surface area contributed by atoms with Gasteiger partial charge in [0.2, 0.25) is 11.8 Å². The number of rotatable bonds is 6. The van der Waals surface area contributed by atoms with Crippen LogP contribution < -0.4 is 10.6 Å². The smallest absolute Gasteiger partial charge is 0.408 e. The molecule has 3 N–H and O–H groups in total. The molecule has 3 amide bonds. The predicted octanol–water partition coefficient (Wildman–Crippen LogP) is 1.46. The fourth-order valence-electron chi connectivity index (χ4n) is 5.49. The summed E-state index contributed by atoms with van der Waals surface area (Å²) < 4.78 is 0. The van der Waals surface area contributed by atoms with Crippen LogP contribution in [0.5, 0.6) is 0 Å². The van der Waals surface area contributed by atoms with E-state index in [1.165, 1.54) is 4.90 Å². The zero-order valence-electron chi connectivity index (χ0n) is 18.6. The Balaban J connectivity index is 1.57. The second-order valence-electron chi connectivity index (χ2n) is 8.97. The first-order valence-electron chi connectivity index (χ1n) is 11.4. The molecular weight excluding hydrogens is 448 g/mol. The van der Waals surface area contributed by atoms with E-state index in [0.29, 0.717) is 37.5 Å². The van der Waals surface area contributed by atoms with Gasteiger partial charge < -0.3 is 20.6 Å². The second kappa shape index (κ2) is 9.30. The molecule has 3 heterocycles. The van der Waals surface area contributed by atoms with Crippen LogP contribution in [0.25, 0.3) is 0 Å². The number of halogens is 1. The van der Waals surface area contributed by atoms with Crippen molar-refractivity contribution >= 4 is 35.3 Å². The summed E-state index contributed by atoms with van der Waals surface area (Å²) in [5.41, 5.74) is -0.362. The first-order valence-corrected chi connectivity index (χ1v) is 11.7. The van der Waals surface area contributed by atoms with Crippen molar-refractivity contribution in [3.8, 4) is 0 Å². The van der Waals surface area contributed by atoms with Crippen molar-refractivity contribution in [1.82, 2.24) is 20.4 Å². The zero-order chi connectivity index (χ0) is 23.8. The number of likely N-dealkylation sites (tertiary alicyclic amines) is 1. The zero-order valence-corrected chi connectivity index (χ0v) is 19.3. The molecule has 0 spiro atoms. The molecule has 3 aliphatic heterocycles. The molecule has 33 heavy (non-hydrogen) atoms. The number of nitrogens with one attached hydrogen (secondary N) is 2. The predicted molar refractivity (Wildman–Crippen MR) is 121 cm³/mol. The van der Waals surface area contributed by atoms with Crippen molar-refractivity contribution in [2.24, 2.45) is 5.92 Å². The first kappa shape index (κ1) is 23.5. The van der Waals surface area contributed by atoms with Gasteiger partial charge in [0, 0.05) is 49.6 Å². The minimum Gasteiger partial charge on any atom is -0.465 e. The van der Waals surface area contributed by atoms with Crippen molar-refractivity contribution in [1.29, 1.82) is 0 Å². The Morgan fingerprint density at radius 1 is 1.21 bits per heavy atom. The molecule has 0 radical (unpaired) electrons. The third-order valence-corrected chi connectivity index (χ3v) is 7.50. The number of likely N-dealkylation sites (N-methyl/N-ethyl adjacent to an activating group) is 1. The summed E-state index contributed by atoms with van der Waals surface area (Å²) in [6.07, 6.45) is 0.0239. The van der Waals surface area contributed by atoms with E-state index in [1.54, 1.807) is 24.0 Å². The molecule has 0 saturated carbocycles. The summed E-state index contributed by atoms with van der Waals surface area (Å²) in [7, 11) is 0. The molecule has 178 valence electrons. The van der Waals surface area contributed by atoms with Crippen molar-refractivity contribution < 1.29 is 24.3 Å². The number of benzene rings is 1. The molecule has 9 nitrogen and oxygen atoms in total. The molecule has 0 aliphatic carbocycles. The topological polar surface area (TPSA) is 119 Å². The highest BCUT2D eigenvalue weighted by Gasteiger charge is 2.56. The van der Waals surface area contributed by atoms with Gasteiger partial charge in [-0.25, -0.2) is 4.79 Å². The maximum absolute atomic E-state index is 14.1. The van der Waals surface area contributed by atoms with E-state index in [4.69, 9.17) is 11.6 Å². The van der Waals surface area contributed by atoms with Gasteiger partial charge in [0.15, 0.2) is 5.78 Å². The van der Waals surface area contributed by atoms with Crippen LogP contribution in [0.4, 0.5) is 4.79 Å². The fourth-order valence-corrected chi connectivity index (χ4v) is 5.62. The lowest BCUT2D eigenvalue weighted by Crippen LogP contribution is -2.63. The number of piperidine rings is 1. The van der Waals surface area contributed by atoms with E-state index in [2.05, 4.69) is 10.6 Å². The van der Waals surface area contributed by atoms with Crippen molar-refractivity contribution in [3.05, 3.63) is 34.9 Å². The Labute approximate surface area is 197 Å². The number of amides is 3. The number of nitrogens with zero attached hydrogens (tertiary/aromatic N) is 2. The van der Waals surface area contributed by atoms with E-state index in [0.717, 1.165) is 5.56 Å². The van der Waals surface area contributed by atoms with Crippen molar-refractivity contribution in [2.75, 3.05) is 32.7 Å². The van der Waals surface area contributed by atoms with Gasteiger partial charge in [-0.1, -0.05) is 23.7 Å². The molecule has 4 rings (SSSR count). The third kappa shape index (κ3) is 4.19. The number of hydrogen-bond acceptors (Lipinski definition) is 5. The van der Waals surface area contributed by atoms with Crippen LogP contribution in [0.1, 0.15) is 37.7 Å². The Morgan fingerprint density at radius 3 is 2.39 bits per heavy atom. The number of ketones is 1. The maximum atomic E-state index is 14.1. The van der Waals surface area contributed by atoms with Crippen LogP contribution in [0.15, 0.2) is 24.3 Å². The van der Waals surface area contributed by atoms with E-state index in [-0.39, 0.29) is 48.9 Å². The maximum Gasteiger partial charge on any atom is 0.408 e. The molecule has 3 atom stereocenters. The van der Waals surface area contributed by atoms with Crippen molar-refractivity contribution in [3.63, 3.8) is 0 Å². The van der Waals surface area contributed by atoms with Crippen LogP contribution in [0.2, 0.25) is 5.02 Å². The van der Waals surface area contributed by atoms with Gasteiger partial charge in [-0.05, 0) is 37.5 Å². The van der Waals surface area contributed by atoms with E-state index in [9.17, 15) is 24.3 Å². The largest absolute Gasteiger partial charge is 0.465 e. The quantitative estimate of drug-likeness (QED) is 0.535. The molecule has 10 heteroatoms. The van der Waals surface area contributed by atoms with Crippen molar-refractivity contribution in [2.45, 2.75) is 43.7 Å². The number of β-lactam (4-membered cyclic amide) rings is 1. The second-order valence-corrected chi connectivity index (χ2v) is 9.41. The van der Waals surface area contributed by atoms with E-state index in [1.807, 2.05) is 12.1 Å². The van der Waals surface area contributed by atoms with Crippen LogP contribution in [-0.2, 0) is 14.4 Å². The average Bonchev–Trinajstić information content (AvgIpc) is 3.22. The molecule has 1 aromatic carbocycles. The third-order valence-electron chi connectivity index (χ3n) is 7.25. The summed E-state index contributed by atoms with van der Waals surface area (Å²) in [5.74, 6) is -1.04. The highest BCUT2D eigenvalue weighted by atomic mass is 35.5. The number of Topliss-reactive ketones (excluding diaryl/α,β-unsaturated/α-hetero) is 1. The van der Waals surface area contributed by atoms with Crippen LogP contribution in [0.3, 0.4) is 0 Å². The summed E-state index contributed by atoms with van der Waals surface area (Å²) in [4.78, 5) is 53.0. The highest BCUT2D eigenvalue weighted by Crippen LogP contribution is 2.41. The molecule has 0 unspecified atom stereocenters. The lowest BCUT2D eigenvalue weighted by atomic mass is 9.71. The summed E-state index contributed by atoms with van der Waals surface area (Å²) in [6.45, 7) is 3.48. The monoisotopic (exact) mass is 476 g/mol. The SMILES string of the molecule is CCN(C(=O)O)[C@]1(C(=O)C2CCN(C(=O)[C@@H]3CC(=O)N3)CC2)CNC[C@H]1c1ccc(Cl)cc1. The van der Waals surface area contributed by atoms with Gasteiger partial charge in [0.25, 0.3) is 0 Å². The standard InChI is InChI=1S/C23H29ClN4O5/c1-2-28(22(32)33)23(13-25-12-17(23)14-3-5-16(24)6-4-14)20(30)15-7-9-27(10-8-15)21(31)18-11-19(29)26-18/h3-6,15,17-18,25H,2,7-13H2,1H3,(H,26,29)(H,32,33)/t17-,18-,23+/m0/s1. The molecular formula is C23H29ClN4O5.